The van der Waals surface area contributed by atoms with Gasteiger partial charge in [0.1, 0.15) is 11.3 Å². The number of rotatable bonds is 3. The number of fused-ring (bicyclic) bond motifs is 1. The number of ketones is 1. The third-order valence-corrected chi connectivity index (χ3v) is 2.71. The maximum atomic E-state index is 11.0. The molecule has 0 aliphatic heterocycles. The predicted octanol–water partition coefficient (Wildman–Crippen LogP) is 4.16. The van der Waals surface area contributed by atoms with Gasteiger partial charge in [0.05, 0.1) is 0 Å². The van der Waals surface area contributed by atoms with Crippen molar-refractivity contribution in [2.75, 3.05) is 0 Å². The van der Waals surface area contributed by atoms with Crippen LogP contribution in [-0.4, -0.2) is 5.78 Å². The summed E-state index contributed by atoms with van der Waals surface area (Å²) < 4.78 is 5.77. The van der Waals surface area contributed by atoms with E-state index in [0.29, 0.717) is 5.92 Å². The van der Waals surface area contributed by atoms with Crippen LogP contribution in [-0.2, 0) is 4.79 Å². The molecule has 2 heteroatoms. The summed E-state index contributed by atoms with van der Waals surface area (Å²) in [6.07, 6.45) is 3.31. The molecular weight excluding hydrogens is 212 g/mol. The standard InChI is InChI=1S/C15H16O2/c1-10(2)15-12-6-4-5-7-13(12)17-14(15)9-8-11(3)16/h4-10H,1-3H3/b9-8+. The molecule has 0 aliphatic carbocycles. The summed E-state index contributed by atoms with van der Waals surface area (Å²) in [6, 6.07) is 7.96. The minimum absolute atomic E-state index is 0.0279. The fourth-order valence-corrected chi connectivity index (χ4v) is 2.00. The molecule has 2 rings (SSSR count). The zero-order valence-corrected chi connectivity index (χ0v) is 10.4. The molecule has 1 aromatic carbocycles. The fourth-order valence-electron chi connectivity index (χ4n) is 2.00. The summed E-state index contributed by atoms with van der Waals surface area (Å²) in [5, 5.41) is 1.13. The first-order valence-electron chi connectivity index (χ1n) is 5.79. The van der Waals surface area contributed by atoms with Gasteiger partial charge < -0.3 is 4.42 Å². The van der Waals surface area contributed by atoms with Gasteiger partial charge in [-0.05, 0) is 31.1 Å². The van der Waals surface area contributed by atoms with Crippen molar-refractivity contribution in [3.63, 3.8) is 0 Å². The van der Waals surface area contributed by atoms with Crippen LogP contribution >= 0.6 is 0 Å². The van der Waals surface area contributed by atoms with E-state index in [1.54, 1.807) is 12.2 Å². The molecule has 2 aromatic rings. The van der Waals surface area contributed by atoms with Crippen molar-refractivity contribution in [3.05, 3.63) is 41.7 Å². The molecule has 2 nitrogen and oxygen atoms in total. The van der Waals surface area contributed by atoms with Crippen molar-refractivity contribution in [2.45, 2.75) is 26.7 Å². The normalized spacial score (nSPS) is 11.8. The molecule has 0 saturated heterocycles. The Morgan fingerprint density at radius 3 is 2.65 bits per heavy atom. The molecule has 0 atom stereocenters. The van der Waals surface area contributed by atoms with Crippen LogP contribution in [0, 0.1) is 0 Å². The van der Waals surface area contributed by atoms with Gasteiger partial charge in [0, 0.05) is 10.9 Å². The van der Waals surface area contributed by atoms with Gasteiger partial charge in [0.2, 0.25) is 0 Å². The highest BCUT2D eigenvalue weighted by Gasteiger charge is 2.14. The highest BCUT2D eigenvalue weighted by atomic mass is 16.3. The van der Waals surface area contributed by atoms with Crippen LogP contribution in [0.15, 0.2) is 34.8 Å². The summed E-state index contributed by atoms with van der Waals surface area (Å²) in [5.41, 5.74) is 2.04. The van der Waals surface area contributed by atoms with E-state index in [1.807, 2.05) is 18.2 Å². The van der Waals surface area contributed by atoms with Crippen LogP contribution in [0.4, 0.5) is 0 Å². The highest BCUT2D eigenvalue weighted by molar-refractivity contribution is 5.93. The average Bonchev–Trinajstić information content (AvgIpc) is 2.64. The van der Waals surface area contributed by atoms with Gasteiger partial charge >= 0.3 is 0 Å². The molecule has 88 valence electrons. The van der Waals surface area contributed by atoms with Gasteiger partial charge in [0.15, 0.2) is 5.78 Å². The van der Waals surface area contributed by atoms with Crippen molar-refractivity contribution in [1.29, 1.82) is 0 Å². The van der Waals surface area contributed by atoms with Gasteiger partial charge in [-0.15, -0.1) is 0 Å². The lowest BCUT2D eigenvalue weighted by molar-refractivity contribution is -0.112. The lowest BCUT2D eigenvalue weighted by atomic mass is 9.99. The van der Waals surface area contributed by atoms with Crippen molar-refractivity contribution < 1.29 is 9.21 Å². The first-order valence-corrected chi connectivity index (χ1v) is 5.79. The first kappa shape index (κ1) is 11.6. The van der Waals surface area contributed by atoms with Crippen molar-refractivity contribution in [3.8, 4) is 0 Å². The summed E-state index contributed by atoms with van der Waals surface area (Å²) in [4.78, 5) is 11.0. The van der Waals surface area contributed by atoms with Gasteiger partial charge in [-0.25, -0.2) is 0 Å². The Kier molecular flexibility index (Phi) is 3.14. The molecule has 0 bridgehead atoms. The molecule has 0 amide bonds. The second-order valence-electron chi connectivity index (χ2n) is 4.47. The third-order valence-electron chi connectivity index (χ3n) is 2.71. The molecule has 0 unspecified atom stereocenters. The van der Waals surface area contributed by atoms with E-state index in [1.165, 1.54) is 6.92 Å². The summed E-state index contributed by atoms with van der Waals surface area (Å²) >= 11 is 0. The Balaban J connectivity index is 2.61. The predicted molar refractivity (Wildman–Crippen MR) is 70.0 cm³/mol. The minimum atomic E-state index is 0.0279. The smallest absolute Gasteiger partial charge is 0.152 e. The number of para-hydroxylation sites is 1. The molecule has 0 saturated carbocycles. The van der Waals surface area contributed by atoms with E-state index in [9.17, 15) is 4.79 Å². The lowest BCUT2D eigenvalue weighted by Gasteiger charge is -2.03. The Labute approximate surface area is 101 Å². The van der Waals surface area contributed by atoms with Crippen molar-refractivity contribution in [1.82, 2.24) is 0 Å². The van der Waals surface area contributed by atoms with Gasteiger partial charge in [-0.1, -0.05) is 32.0 Å². The van der Waals surface area contributed by atoms with Crippen LogP contribution in [0.5, 0.6) is 0 Å². The number of benzene rings is 1. The molecule has 0 fully saturated rings. The molecule has 17 heavy (non-hydrogen) atoms. The SMILES string of the molecule is CC(=O)/C=C/c1oc2ccccc2c1C(C)C. The Morgan fingerprint density at radius 1 is 1.29 bits per heavy atom. The van der Waals surface area contributed by atoms with Gasteiger partial charge in [-0.2, -0.15) is 0 Å². The third kappa shape index (κ3) is 2.31. The lowest BCUT2D eigenvalue weighted by Crippen LogP contribution is -1.88. The zero-order chi connectivity index (χ0) is 12.4. The van der Waals surface area contributed by atoms with E-state index in [4.69, 9.17) is 4.42 Å². The molecule has 0 radical (unpaired) electrons. The van der Waals surface area contributed by atoms with E-state index in [2.05, 4.69) is 19.9 Å². The Bertz CT molecular complexity index is 574. The second kappa shape index (κ2) is 4.58. The first-order chi connectivity index (χ1) is 8.09. The summed E-state index contributed by atoms with van der Waals surface area (Å²) in [7, 11) is 0. The maximum absolute atomic E-state index is 11.0. The van der Waals surface area contributed by atoms with E-state index < -0.39 is 0 Å². The topological polar surface area (TPSA) is 30.2 Å². The molecule has 0 aliphatic rings. The number of hydrogen-bond acceptors (Lipinski definition) is 2. The number of allylic oxidation sites excluding steroid dienone is 1. The van der Waals surface area contributed by atoms with Gasteiger partial charge in [-0.3, -0.25) is 4.79 Å². The minimum Gasteiger partial charge on any atom is -0.456 e. The average molecular weight is 228 g/mol. The number of carbonyl (C=O) groups is 1. The summed E-state index contributed by atoms with van der Waals surface area (Å²) in [5.74, 6) is 1.18. The van der Waals surface area contributed by atoms with Crippen LogP contribution < -0.4 is 0 Å². The van der Waals surface area contributed by atoms with Crippen LogP contribution in [0.1, 0.15) is 38.0 Å². The highest BCUT2D eigenvalue weighted by Crippen LogP contribution is 2.32. The Morgan fingerprint density at radius 2 is 2.00 bits per heavy atom. The van der Waals surface area contributed by atoms with E-state index >= 15 is 0 Å². The molecule has 1 heterocycles. The quantitative estimate of drug-likeness (QED) is 0.738. The zero-order valence-electron chi connectivity index (χ0n) is 10.4. The van der Waals surface area contributed by atoms with Crippen LogP contribution in [0.2, 0.25) is 0 Å². The van der Waals surface area contributed by atoms with Crippen molar-refractivity contribution in [2.24, 2.45) is 0 Å². The second-order valence-corrected chi connectivity index (χ2v) is 4.47. The van der Waals surface area contributed by atoms with E-state index in [0.717, 1.165) is 22.3 Å². The number of hydrogen-bond donors (Lipinski definition) is 0. The molecule has 0 N–H and O–H groups in total. The number of carbonyl (C=O) groups excluding carboxylic acids is 1. The molecular formula is C15H16O2. The van der Waals surface area contributed by atoms with Gasteiger partial charge in [0.25, 0.3) is 0 Å². The molecule has 0 spiro atoms. The summed E-state index contributed by atoms with van der Waals surface area (Å²) in [6.45, 7) is 5.79. The largest absolute Gasteiger partial charge is 0.456 e. The Hall–Kier alpha value is -1.83. The maximum Gasteiger partial charge on any atom is 0.152 e. The van der Waals surface area contributed by atoms with E-state index in [-0.39, 0.29) is 5.78 Å². The fraction of sp³-hybridized carbons (Fsp3) is 0.267. The molecule has 1 aromatic heterocycles. The number of furan rings is 1. The van der Waals surface area contributed by atoms with Crippen molar-refractivity contribution >= 4 is 22.8 Å². The van der Waals surface area contributed by atoms with Crippen LogP contribution in [0.3, 0.4) is 0 Å². The van der Waals surface area contributed by atoms with Crippen LogP contribution in [0.25, 0.3) is 17.0 Å². The monoisotopic (exact) mass is 228 g/mol.